The SMILES string of the molecule is NC(N)=NCCCN1CCn2c(c(CCN3CCN(c4nsc5cc(F)ccc45)CC3)c3cc(F)ccc32)C1=O. The second-order valence-corrected chi connectivity index (χ2v) is 11.1. The fourth-order valence-electron chi connectivity index (χ4n) is 5.86. The molecule has 0 saturated carbocycles. The van der Waals surface area contributed by atoms with Crippen molar-refractivity contribution in [2.24, 2.45) is 16.5 Å². The molecule has 0 spiro atoms. The lowest BCUT2D eigenvalue weighted by atomic mass is 10.1. The zero-order chi connectivity index (χ0) is 27.8. The van der Waals surface area contributed by atoms with E-state index in [0.717, 1.165) is 65.1 Å². The van der Waals surface area contributed by atoms with Crippen LogP contribution in [0.2, 0.25) is 0 Å². The lowest BCUT2D eigenvalue weighted by Gasteiger charge is -2.35. The van der Waals surface area contributed by atoms with Crippen LogP contribution in [-0.4, -0.2) is 83.0 Å². The predicted molar refractivity (Wildman–Crippen MR) is 155 cm³/mol. The van der Waals surface area contributed by atoms with E-state index in [4.69, 9.17) is 11.5 Å². The number of aromatic nitrogens is 2. The predicted octanol–water partition coefficient (Wildman–Crippen LogP) is 3.01. The van der Waals surface area contributed by atoms with Crippen molar-refractivity contribution in [2.45, 2.75) is 19.4 Å². The number of fused-ring (bicyclic) bond motifs is 4. The highest BCUT2D eigenvalue weighted by Crippen LogP contribution is 2.33. The molecule has 4 N–H and O–H groups in total. The summed E-state index contributed by atoms with van der Waals surface area (Å²) in [7, 11) is 0. The Morgan fingerprint density at radius 2 is 1.73 bits per heavy atom. The van der Waals surface area contributed by atoms with Crippen LogP contribution in [0.25, 0.3) is 21.0 Å². The lowest BCUT2D eigenvalue weighted by Crippen LogP contribution is -2.47. The van der Waals surface area contributed by atoms with Crippen LogP contribution in [0.15, 0.2) is 41.4 Å². The quantitative estimate of drug-likeness (QED) is 0.193. The number of halogens is 2. The number of benzene rings is 2. The molecule has 1 fully saturated rings. The van der Waals surface area contributed by atoms with Gasteiger partial charge in [-0.1, -0.05) is 0 Å². The fourth-order valence-corrected chi connectivity index (χ4v) is 6.68. The summed E-state index contributed by atoms with van der Waals surface area (Å²) in [5.41, 5.74) is 13.3. The van der Waals surface area contributed by atoms with Crippen molar-refractivity contribution in [2.75, 3.05) is 57.3 Å². The van der Waals surface area contributed by atoms with Crippen molar-refractivity contribution in [3.63, 3.8) is 0 Å². The van der Waals surface area contributed by atoms with Gasteiger partial charge in [0.05, 0.1) is 4.70 Å². The molecule has 0 aliphatic carbocycles. The number of rotatable bonds is 8. The number of hydrogen-bond donors (Lipinski definition) is 2. The molecular formula is C28H32F2N8OS. The molecule has 1 amide bonds. The molecule has 2 aromatic heterocycles. The first-order chi connectivity index (χ1) is 19.4. The van der Waals surface area contributed by atoms with Crippen molar-refractivity contribution in [1.82, 2.24) is 18.7 Å². The third-order valence-corrected chi connectivity index (χ3v) is 8.66. The highest BCUT2D eigenvalue weighted by atomic mass is 32.1. The Bertz CT molecular complexity index is 1590. The maximum Gasteiger partial charge on any atom is 0.270 e. The van der Waals surface area contributed by atoms with Crippen LogP contribution < -0.4 is 16.4 Å². The van der Waals surface area contributed by atoms with Gasteiger partial charge in [0.15, 0.2) is 5.96 Å². The van der Waals surface area contributed by atoms with Gasteiger partial charge in [-0.15, -0.1) is 0 Å². The Hall–Kier alpha value is -3.77. The van der Waals surface area contributed by atoms with Gasteiger partial charge >= 0.3 is 0 Å². The summed E-state index contributed by atoms with van der Waals surface area (Å²) >= 11 is 1.32. The third kappa shape index (κ3) is 5.08. The normalized spacial score (nSPS) is 16.2. The van der Waals surface area contributed by atoms with Crippen LogP contribution in [-0.2, 0) is 13.0 Å². The summed E-state index contributed by atoms with van der Waals surface area (Å²) in [6.45, 7) is 6.34. The Morgan fingerprint density at radius 1 is 0.950 bits per heavy atom. The third-order valence-electron chi connectivity index (χ3n) is 7.86. The van der Waals surface area contributed by atoms with Crippen LogP contribution in [0.3, 0.4) is 0 Å². The van der Waals surface area contributed by atoms with Gasteiger partial charge < -0.3 is 25.8 Å². The van der Waals surface area contributed by atoms with Crippen molar-refractivity contribution in [1.29, 1.82) is 0 Å². The topological polar surface area (TPSA) is 109 Å². The number of carbonyl (C=O) groups is 1. The van der Waals surface area contributed by atoms with Gasteiger partial charge in [-0.2, -0.15) is 4.37 Å². The molecule has 0 radical (unpaired) electrons. The smallest absolute Gasteiger partial charge is 0.270 e. The van der Waals surface area contributed by atoms with E-state index in [9.17, 15) is 13.6 Å². The summed E-state index contributed by atoms with van der Waals surface area (Å²) in [5, 5.41) is 1.79. The van der Waals surface area contributed by atoms with Gasteiger partial charge in [0, 0.05) is 75.2 Å². The van der Waals surface area contributed by atoms with E-state index in [2.05, 4.69) is 19.2 Å². The summed E-state index contributed by atoms with van der Waals surface area (Å²) in [5.74, 6) is 0.375. The zero-order valence-corrected chi connectivity index (χ0v) is 23.0. The summed E-state index contributed by atoms with van der Waals surface area (Å²) < 4.78 is 35.5. The fraction of sp³-hybridized carbons (Fsp3) is 0.393. The lowest BCUT2D eigenvalue weighted by molar-refractivity contribution is 0.0704. The van der Waals surface area contributed by atoms with E-state index in [-0.39, 0.29) is 23.5 Å². The van der Waals surface area contributed by atoms with Gasteiger partial charge in [0.2, 0.25) is 0 Å². The zero-order valence-electron chi connectivity index (χ0n) is 22.2. The van der Waals surface area contributed by atoms with E-state index in [1.165, 1.54) is 29.7 Å². The molecule has 12 heteroatoms. The van der Waals surface area contributed by atoms with Crippen LogP contribution in [0.4, 0.5) is 14.6 Å². The number of nitrogens with two attached hydrogens (primary N) is 2. The first kappa shape index (κ1) is 26.5. The second-order valence-electron chi connectivity index (χ2n) is 10.3. The Kier molecular flexibility index (Phi) is 7.28. The van der Waals surface area contributed by atoms with Gasteiger partial charge in [0.1, 0.15) is 23.1 Å². The highest BCUT2D eigenvalue weighted by Gasteiger charge is 2.31. The monoisotopic (exact) mass is 566 g/mol. The minimum Gasteiger partial charge on any atom is -0.370 e. The van der Waals surface area contributed by atoms with Gasteiger partial charge in [-0.05, 0) is 66.3 Å². The number of amides is 1. The van der Waals surface area contributed by atoms with E-state index < -0.39 is 0 Å². The summed E-state index contributed by atoms with van der Waals surface area (Å²) in [6.07, 6.45) is 1.32. The van der Waals surface area contributed by atoms with Crippen LogP contribution in [0, 0.1) is 11.6 Å². The minimum absolute atomic E-state index is 0.0285. The molecule has 2 aliphatic rings. The molecule has 2 aliphatic heterocycles. The molecule has 6 rings (SSSR count). The summed E-state index contributed by atoms with van der Waals surface area (Å²) in [6, 6.07) is 9.61. The molecule has 40 heavy (non-hydrogen) atoms. The van der Waals surface area contributed by atoms with Gasteiger partial charge in [-0.3, -0.25) is 14.7 Å². The van der Waals surface area contributed by atoms with E-state index >= 15 is 0 Å². The molecule has 2 aromatic carbocycles. The van der Waals surface area contributed by atoms with Crippen LogP contribution in [0.1, 0.15) is 22.5 Å². The molecule has 1 saturated heterocycles. The van der Waals surface area contributed by atoms with Gasteiger partial charge in [-0.25, -0.2) is 8.78 Å². The van der Waals surface area contributed by atoms with Crippen molar-refractivity contribution < 1.29 is 13.6 Å². The van der Waals surface area contributed by atoms with Crippen molar-refractivity contribution in [3.8, 4) is 0 Å². The number of guanidine groups is 1. The number of anilines is 1. The van der Waals surface area contributed by atoms with Crippen molar-refractivity contribution in [3.05, 3.63) is 59.3 Å². The number of carbonyl (C=O) groups excluding carboxylic acids is 1. The molecule has 4 aromatic rings. The molecular weight excluding hydrogens is 534 g/mol. The highest BCUT2D eigenvalue weighted by molar-refractivity contribution is 7.13. The largest absolute Gasteiger partial charge is 0.370 e. The van der Waals surface area contributed by atoms with Crippen LogP contribution in [0.5, 0.6) is 0 Å². The number of nitrogens with zero attached hydrogens (tertiary/aromatic N) is 6. The van der Waals surface area contributed by atoms with E-state index in [0.29, 0.717) is 44.7 Å². The molecule has 4 heterocycles. The molecule has 0 unspecified atom stereocenters. The van der Waals surface area contributed by atoms with Crippen LogP contribution >= 0.6 is 11.5 Å². The minimum atomic E-state index is -0.303. The van der Waals surface area contributed by atoms with E-state index in [1.54, 1.807) is 18.2 Å². The van der Waals surface area contributed by atoms with Gasteiger partial charge in [0.25, 0.3) is 5.91 Å². The number of hydrogen-bond acceptors (Lipinski definition) is 6. The Morgan fingerprint density at radius 3 is 2.52 bits per heavy atom. The first-order valence-electron chi connectivity index (χ1n) is 13.6. The number of piperazine rings is 1. The Balaban J connectivity index is 1.16. The molecule has 0 bridgehead atoms. The maximum atomic E-state index is 14.4. The second kappa shape index (κ2) is 11.0. The van der Waals surface area contributed by atoms with E-state index in [1.807, 2.05) is 9.47 Å². The molecule has 9 nitrogen and oxygen atoms in total. The first-order valence-corrected chi connectivity index (χ1v) is 14.3. The molecule has 210 valence electrons. The van der Waals surface area contributed by atoms with Crippen molar-refractivity contribution >= 4 is 50.2 Å². The average Bonchev–Trinajstić information content (AvgIpc) is 3.49. The maximum absolute atomic E-state index is 14.4. The number of aliphatic imine (C=N–C) groups is 1. The standard InChI is InChI=1S/C28H32F2N8OS/c29-18-3-5-23-22(16-18)20(25-27(39)37(14-15-38(23)25)8-1-7-33-28(31)32)6-9-35-10-12-36(13-11-35)26-21-4-2-19(30)17-24(21)40-34-26/h2-5,16-17H,1,6-15H2,(H4,31,32,33). The Labute approximate surface area is 234 Å². The average molecular weight is 567 g/mol. The summed E-state index contributed by atoms with van der Waals surface area (Å²) in [4.78, 5) is 24.1. The molecule has 0 atom stereocenters.